The van der Waals surface area contributed by atoms with Crippen LogP contribution in [0.15, 0.2) is 52.9 Å². The van der Waals surface area contributed by atoms with Gasteiger partial charge in [-0.3, -0.25) is 4.79 Å². The maximum Gasteiger partial charge on any atom is 0.248 e. The zero-order valence-electron chi connectivity index (χ0n) is 14.1. The van der Waals surface area contributed by atoms with E-state index in [1.165, 1.54) is 0 Å². The molecule has 2 aromatic carbocycles. The topological polar surface area (TPSA) is 59.2 Å². The van der Waals surface area contributed by atoms with Crippen LogP contribution in [0.1, 0.15) is 24.0 Å². The number of rotatable bonds is 4. The molecular weight excluding hydrogens is 314 g/mol. The minimum absolute atomic E-state index is 0.240. The summed E-state index contributed by atoms with van der Waals surface area (Å²) < 4.78 is 5.84. The number of likely N-dealkylation sites (tertiary alicyclic amines) is 1. The molecule has 0 unspecified atom stereocenters. The van der Waals surface area contributed by atoms with Crippen LogP contribution < -0.4 is 0 Å². The fraction of sp³-hybridized carbons (Fsp3) is 0.250. The molecule has 0 radical (unpaired) electrons. The van der Waals surface area contributed by atoms with Crippen molar-refractivity contribution >= 4 is 5.91 Å². The molecule has 0 spiro atoms. The lowest BCUT2D eigenvalue weighted by atomic mass is 10.1. The number of hydrogen-bond acceptors (Lipinski definition) is 4. The maximum atomic E-state index is 11.7. The largest absolute Gasteiger partial charge is 0.416 e. The average molecular weight is 333 g/mol. The molecule has 1 aliphatic heterocycles. The summed E-state index contributed by atoms with van der Waals surface area (Å²) in [5.41, 5.74) is 4.04. The van der Waals surface area contributed by atoms with E-state index in [4.69, 9.17) is 4.42 Å². The predicted molar refractivity (Wildman–Crippen MR) is 94.6 cm³/mol. The van der Waals surface area contributed by atoms with Crippen LogP contribution >= 0.6 is 0 Å². The summed E-state index contributed by atoms with van der Waals surface area (Å²) in [7, 11) is 0. The SMILES string of the molecule is Cc1ccccc1-c1nnc(-c2ccc(CN3CCCC3=O)cc2)o1. The minimum atomic E-state index is 0.240. The summed E-state index contributed by atoms with van der Waals surface area (Å²) in [6.45, 7) is 3.54. The third kappa shape index (κ3) is 3.18. The van der Waals surface area contributed by atoms with Crippen LogP contribution in [0.25, 0.3) is 22.9 Å². The first-order valence-corrected chi connectivity index (χ1v) is 8.47. The summed E-state index contributed by atoms with van der Waals surface area (Å²) in [4.78, 5) is 13.6. The van der Waals surface area contributed by atoms with Gasteiger partial charge in [0.05, 0.1) is 0 Å². The van der Waals surface area contributed by atoms with E-state index in [-0.39, 0.29) is 5.91 Å². The molecule has 0 saturated carbocycles. The second kappa shape index (κ2) is 6.51. The van der Waals surface area contributed by atoms with Crippen LogP contribution in [-0.4, -0.2) is 27.5 Å². The predicted octanol–water partition coefficient (Wildman–Crippen LogP) is 3.83. The van der Waals surface area contributed by atoms with E-state index in [1.54, 1.807) is 0 Å². The fourth-order valence-corrected chi connectivity index (χ4v) is 3.11. The maximum absolute atomic E-state index is 11.7. The van der Waals surface area contributed by atoms with Gasteiger partial charge in [0, 0.05) is 30.6 Å². The zero-order chi connectivity index (χ0) is 17.2. The molecule has 2 heterocycles. The molecule has 0 bridgehead atoms. The van der Waals surface area contributed by atoms with Gasteiger partial charge in [0.15, 0.2) is 0 Å². The van der Waals surface area contributed by atoms with Crippen LogP contribution in [0.5, 0.6) is 0 Å². The van der Waals surface area contributed by atoms with E-state index < -0.39 is 0 Å². The van der Waals surface area contributed by atoms with Crippen molar-refractivity contribution in [1.82, 2.24) is 15.1 Å². The number of aromatic nitrogens is 2. The summed E-state index contributed by atoms with van der Waals surface area (Å²) in [5, 5.41) is 8.34. The zero-order valence-corrected chi connectivity index (χ0v) is 14.1. The third-order valence-corrected chi connectivity index (χ3v) is 4.55. The van der Waals surface area contributed by atoms with Gasteiger partial charge in [0.25, 0.3) is 0 Å². The lowest BCUT2D eigenvalue weighted by molar-refractivity contribution is -0.128. The Labute approximate surface area is 146 Å². The first-order chi connectivity index (χ1) is 12.2. The highest BCUT2D eigenvalue weighted by Crippen LogP contribution is 2.26. The van der Waals surface area contributed by atoms with E-state index in [2.05, 4.69) is 10.2 Å². The van der Waals surface area contributed by atoms with Crippen LogP contribution in [0.4, 0.5) is 0 Å². The van der Waals surface area contributed by atoms with E-state index in [0.29, 0.717) is 24.7 Å². The van der Waals surface area contributed by atoms with Gasteiger partial charge in [-0.05, 0) is 42.7 Å². The summed E-state index contributed by atoms with van der Waals surface area (Å²) in [5.74, 6) is 1.27. The molecule has 0 atom stereocenters. The second-order valence-corrected chi connectivity index (χ2v) is 6.34. The van der Waals surface area contributed by atoms with Crippen LogP contribution in [0.3, 0.4) is 0 Å². The Morgan fingerprint density at radius 1 is 1.04 bits per heavy atom. The molecule has 5 nitrogen and oxygen atoms in total. The Balaban J connectivity index is 1.53. The number of carbonyl (C=O) groups is 1. The van der Waals surface area contributed by atoms with Crippen molar-refractivity contribution < 1.29 is 9.21 Å². The molecule has 1 aliphatic rings. The molecule has 3 aromatic rings. The summed E-state index contributed by atoms with van der Waals surface area (Å²) >= 11 is 0. The van der Waals surface area contributed by atoms with Gasteiger partial charge in [-0.25, -0.2) is 0 Å². The van der Waals surface area contributed by atoms with Gasteiger partial charge >= 0.3 is 0 Å². The Morgan fingerprint density at radius 2 is 1.80 bits per heavy atom. The molecule has 0 N–H and O–H groups in total. The molecular formula is C20H19N3O2. The normalized spacial score (nSPS) is 14.3. The first-order valence-electron chi connectivity index (χ1n) is 8.47. The summed E-state index contributed by atoms with van der Waals surface area (Å²) in [6, 6.07) is 15.9. The highest BCUT2D eigenvalue weighted by atomic mass is 16.4. The molecule has 126 valence electrons. The lowest BCUT2D eigenvalue weighted by Gasteiger charge is -2.15. The Kier molecular flexibility index (Phi) is 4.06. The number of carbonyl (C=O) groups excluding carboxylic acids is 1. The molecule has 4 rings (SSSR count). The molecule has 1 aromatic heterocycles. The lowest BCUT2D eigenvalue weighted by Crippen LogP contribution is -2.23. The van der Waals surface area contributed by atoms with Gasteiger partial charge in [0.1, 0.15) is 0 Å². The monoisotopic (exact) mass is 333 g/mol. The molecule has 1 fully saturated rings. The van der Waals surface area contributed by atoms with Gasteiger partial charge in [-0.1, -0.05) is 30.3 Å². The minimum Gasteiger partial charge on any atom is -0.416 e. The highest BCUT2D eigenvalue weighted by Gasteiger charge is 2.20. The molecule has 5 heteroatoms. The fourth-order valence-electron chi connectivity index (χ4n) is 3.11. The van der Waals surface area contributed by atoms with Crippen molar-refractivity contribution in [2.45, 2.75) is 26.3 Å². The smallest absolute Gasteiger partial charge is 0.248 e. The Hall–Kier alpha value is -2.95. The molecule has 0 aliphatic carbocycles. The van der Waals surface area contributed by atoms with E-state index >= 15 is 0 Å². The van der Waals surface area contributed by atoms with E-state index in [0.717, 1.165) is 35.2 Å². The summed E-state index contributed by atoms with van der Waals surface area (Å²) in [6.07, 6.45) is 1.63. The molecule has 25 heavy (non-hydrogen) atoms. The Bertz CT molecular complexity index is 899. The third-order valence-electron chi connectivity index (χ3n) is 4.55. The van der Waals surface area contributed by atoms with Crippen molar-refractivity contribution in [3.8, 4) is 22.9 Å². The average Bonchev–Trinajstić information content (AvgIpc) is 3.26. The number of aryl methyl sites for hydroxylation is 1. The van der Waals surface area contributed by atoms with Crippen LogP contribution in [-0.2, 0) is 11.3 Å². The number of hydrogen-bond donors (Lipinski definition) is 0. The first kappa shape index (κ1) is 15.6. The van der Waals surface area contributed by atoms with Gasteiger partial charge in [-0.15, -0.1) is 10.2 Å². The van der Waals surface area contributed by atoms with Crippen molar-refractivity contribution in [3.05, 3.63) is 59.7 Å². The standard InChI is InChI=1S/C20H19N3O2/c1-14-5-2-3-6-17(14)20-22-21-19(25-20)16-10-8-15(9-11-16)13-23-12-4-7-18(23)24/h2-3,5-6,8-11H,4,7,12-13H2,1H3. The Morgan fingerprint density at radius 3 is 2.52 bits per heavy atom. The van der Waals surface area contributed by atoms with Crippen molar-refractivity contribution in [2.75, 3.05) is 6.54 Å². The number of benzene rings is 2. The van der Waals surface area contributed by atoms with Gasteiger partial charge in [0.2, 0.25) is 17.7 Å². The number of amides is 1. The quantitative estimate of drug-likeness (QED) is 0.728. The molecule has 1 saturated heterocycles. The van der Waals surface area contributed by atoms with Crippen molar-refractivity contribution in [2.24, 2.45) is 0 Å². The molecule has 1 amide bonds. The highest BCUT2D eigenvalue weighted by molar-refractivity contribution is 5.78. The van der Waals surface area contributed by atoms with Crippen LogP contribution in [0, 0.1) is 6.92 Å². The van der Waals surface area contributed by atoms with Crippen molar-refractivity contribution in [1.29, 1.82) is 0 Å². The van der Waals surface area contributed by atoms with Crippen molar-refractivity contribution in [3.63, 3.8) is 0 Å². The van der Waals surface area contributed by atoms with Gasteiger partial charge in [-0.2, -0.15) is 0 Å². The van der Waals surface area contributed by atoms with Gasteiger partial charge < -0.3 is 9.32 Å². The van der Waals surface area contributed by atoms with Crippen LogP contribution in [0.2, 0.25) is 0 Å². The van der Waals surface area contributed by atoms with E-state index in [1.807, 2.05) is 60.4 Å². The van der Waals surface area contributed by atoms with E-state index in [9.17, 15) is 4.79 Å². The number of nitrogens with zero attached hydrogens (tertiary/aromatic N) is 3. The second-order valence-electron chi connectivity index (χ2n) is 6.34.